The van der Waals surface area contributed by atoms with Gasteiger partial charge in [-0.3, -0.25) is 14.7 Å². The molecular formula is C13H14N4O3. The summed E-state index contributed by atoms with van der Waals surface area (Å²) in [5.41, 5.74) is 0.638. The van der Waals surface area contributed by atoms with Gasteiger partial charge in [-0.05, 0) is 25.0 Å². The Bertz CT molecular complexity index is 595. The number of aromatic nitrogens is 3. The summed E-state index contributed by atoms with van der Waals surface area (Å²) in [5, 5.41) is 12.8. The molecule has 0 amide bonds. The molecule has 104 valence electrons. The maximum Gasteiger partial charge on any atom is 0.317 e. The molecule has 0 unspecified atom stereocenters. The Morgan fingerprint density at radius 3 is 2.95 bits per heavy atom. The zero-order valence-electron chi connectivity index (χ0n) is 10.8. The quantitative estimate of drug-likeness (QED) is 0.845. The van der Waals surface area contributed by atoms with Crippen LogP contribution in [0.1, 0.15) is 18.7 Å². The summed E-state index contributed by atoms with van der Waals surface area (Å²) in [7, 11) is 0. The third kappa shape index (κ3) is 3.00. The van der Waals surface area contributed by atoms with Crippen LogP contribution in [0, 0.1) is 0 Å². The van der Waals surface area contributed by atoms with E-state index in [0.717, 1.165) is 12.8 Å². The van der Waals surface area contributed by atoms with Gasteiger partial charge in [0.1, 0.15) is 5.69 Å². The predicted octanol–water partition coefficient (Wildman–Crippen LogP) is 1.18. The first kappa shape index (κ1) is 12.7. The van der Waals surface area contributed by atoms with E-state index in [1.54, 1.807) is 12.3 Å². The van der Waals surface area contributed by atoms with E-state index in [-0.39, 0.29) is 6.54 Å². The highest BCUT2D eigenvalue weighted by atomic mass is 16.5. The van der Waals surface area contributed by atoms with Crippen molar-refractivity contribution < 1.29 is 14.4 Å². The molecule has 7 nitrogen and oxygen atoms in total. The molecule has 2 heterocycles. The number of nitrogens with zero attached hydrogens (tertiary/aromatic N) is 4. The second-order valence-electron chi connectivity index (χ2n) is 4.76. The van der Waals surface area contributed by atoms with Crippen LogP contribution in [0.4, 0.5) is 0 Å². The van der Waals surface area contributed by atoms with Gasteiger partial charge in [0.25, 0.3) is 0 Å². The highest BCUT2D eigenvalue weighted by Gasteiger charge is 2.31. The van der Waals surface area contributed by atoms with Gasteiger partial charge in [-0.15, -0.1) is 0 Å². The van der Waals surface area contributed by atoms with Crippen LogP contribution in [-0.4, -0.2) is 43.7 Å². The topological polar surface area (TPSA) is 92.3 Å². The Hall–Kier alpha value is -2.28. The van der Waals surface area contributed by atoms with Gasteiger partial charge in [-0.2, -0.15) is 4.98 Å². The van der Waals surface area contributed by atoms with E-state index < -0.39 is 5.97 Å². The van der Waals surface area contributed by atoms with Crippen LogP contribution < -0.4 is 0 Å². The average Bonchev–Trinajstić information content (AvgIpc) is 3.19. The molecule has 1 fully saturated rings. The van der Waals surface area contributed by atoms with E-state index in [2.05, 4.69) is 15.1 Å². The number of hydrogen-bond acceptors (Lipinski definition) is 6. The number of carbonyl (C=O) groups is 1. The molecule has 1 aliphatic carbocycles. The molecule has 2 aromatic heterocycles. The summed E-state index contributed by atoms with van der Waals surface area (Å²) in [6.07, 6.45) is 3.70. The molecule has 0 aromatic carbocycles. The average molecular weight is 274 g/mol. The first-order chi connectivity index (χ1) is 9.72. The fraction of sp³-hybridized carbons (Fsp3) is 0.385. The normalized spacial score (nSPS) is 14.7. The molecule has 0 aliphatic heterocycles. The van der Waals surface area contributed by atoms with Crippen LogP contribution >= 0.6 is 0 Å². The molecule has 20 heavy (non-hydrogen) atoms. The van der Waals surface area contributed by atoms with Gasteiger partial charge in [0.15, 0.2) is 0 Å². The SMILES string of the molecule is O=C(O)CN(Cc1nc(-c2ccccn2)no1)C1CC1. The molecule has 2 aromatic rings. The molecule has 0 bridgehead atoms. The first-order valence-electron chi connectivity index (χ1n) is 6.42. The van der Waals surface area contributed by atoms with E-state index in [4.69, 9.17) is 9.63 Å². The number of rotatable bonds is 6. The summed E-state index contributed by atoms with van der Waals surface area (Å²) in [5.74, 6) is -0.00756. The van der Waals surface area contributed by atoms with E-state index in [1.165, 1.54) is 0 Å². The molecule has 1 saturated carbocycles. The van der Waals surface area contributed by atoms with Gasteiger partial charge < -0.3 is 9.63 Å². The number of pyridine rings is 1. The molecular weight excluding hydrogens is 260 g/mol. The van der Waals surface area contributed by atoms with Gasteiger partial charge in [0.2, 0.25) is 11.7 Å². The van der Waals surface area contributed by atoms with Crippen molar-refractivity contribution in [3.63, 3.8) is 0 Å². The first-order valence-corrected chi connectivity index (χ1v) is 6.42. The number of carboxylic acids is 1. The number of carboxylic acid groups (broad SMARTS) is 1. The number of aliphatic carboxylic acids is 1. The van der Waals surface area contributed by atoms with E-state index in [0.29, 0.717) is 30.0 Å². The lowest BCUT2D eigenvalue weighted by molar-refractivity contribution is -0.138. The van der Waals surface area contributed by atoms with Crippen molar-refractivity contribution in [3.05, 3.63) is 30.3 Å². The molecule has 0 spiro atoms. The zero-order chi connectivity index (χ0) is 13.9. The fourth-order valence-corrected chi connectivity index (χ4v) is 2.02. The largest absolute Gasteiger partial charge is 0.480 e. The fourth-order valence-electron chi connectivity index (χ4n) is 2.02. The highest BCUT2D eigenvalue weighted by molar-refractivity contribution is 5.69. The molecule has 1 N–H and O–H groups in total. The maximum absolute atomic E-state index is 10.8. The molecule has 0 atom stereocenters. The molecule has 3 rings (SSSR count). The minimum atomic E-state index is -0.846. The van der Waals surface area contributed by atoms with Crippen LogP contribution in [0.25, 0.3) is 11.5 Å². The Labute approximate surface area is 115 Å². The second kappa shape index (κ2) is 5.38. The zero-order valence-corrected chi connectivity index (χ0v) is 10.8. The van der Waals surface area contributed by atoms with Crippen LogP contribution in [0.5, 0.6) is 0 Å². The van der Waals surface area contributed by atoms with Crippen LogP contribution in [0.2, 0.25) is 0 Å². The van der Waals surface area contributed by atoms with Crippen molar-refractivity contribution in [2.45, 2.75) is 25.4 Å². The minimum absolute atomic E-state index is 0.00797. The lowest BCUT2D eigenvalue weighted by Crippen LogP contribution is -2.31. The van der Waals surface area contributed by atoms with E-state index in [9.17, 15) is 4.79 Å². The monoisotopic (exact) mass is 274 g/mol. The summed E-state index contributed by atoms with van der Waals surface area (Å²) < 4.78 is 5.17. The van der Waals surface area contributed by atoms with E-state index in [1.807, 2.05) is 17.0 Å². The number of hydrogen-bond donors (Lipinski definition) is 1. The highest BCUT2D eigenvalue weighted by Crippen LogP contribution is 2.28. The second-order valence-corrected chi connectivity index (χ2v) is 4.76. The van der Waals surface area contributed by atoms with Gasteiger partial charge in [0.05, 0.1) is 13.1 Å². The Morgan fingerprint density at radius 1 is 1.45 bits per heavy atom. The van der Waals surface area contributed by atoms with Crippen molar-refractivity contribution in [2.24, 2.45) is 0 Å². The molecule has 0 saturated heterocycles. The van der Waals surface area contributed by atoms with Crippen LogP contribution in [0.3, 0.4) is 0 Å². The molecule has 7 heteroatoms. The standard InChI is InChI=1S/C13H14N4O3/c18-12(19)8-17(9-4-5-9)7-11-15-13(16-20-11)10-3-1-2-6-14-10/h1-3,6,9H,4-5,7-8H2,(H,18,19). The van der Waals surface area contributed by atoms with Gasteiger partial charge in [-0.25, -0.2) is 0 Å². The van der Waals surface area contributed by atoms with Crippen molar-refractivity contribution in [1.29, 1.82) is 0 Å². The summed E-state index contributed by atoms with van der Waals surface area (Å²) in [6, 6.07) is 5.77. The Kier molecular flexibility index (Phi) is 3.42. The predicted molar refractivity (Wildman–Crippen MR) is 68.6 cm³/mol. The maximum atomic E-state index is 10.8. The summed E-state index contributed by atoms with van der Waals surface area (Å²) >= 11 is 0. The van der Waals surface area contributed by atoms with Gasteiger partial charge in [0, 0.05) is 12.2 Å². The molecule has 1 aliphatic rings. The van der Waals surface area contributed by atoms with E-state index >= 15 is 0 Å². The Balaban J connectivity index is 1.71. The summed E-state index contributed by atoms with van der Waals surface area (Å²) in [4.78, 5) is 21.1. The third-order valence-electron chi connectivity index (χ3n) is 3.10. The lowest BCUT2D eigenvalue weighted by Gasteiger charge is -2.16. The summed E-state index contributed by atoms with van der Waals surface area (Å²) in [6.45, 7) is 0.350. The minimum Gasteiger partial charge on any atom is -0.480 e. The van der Waals surface area contributed by atoms with Gasteiger partial charge >= 0.3 is 5.97 Å². The van der Waals surface area contributed by atoms with Crippen LogP contribution in [-0.2, 0) is 11.3 Å². The third-order valence-corrected chi connectivity index (χ3v) is 3.10. The Morgan fingerprint density at radius 2 is 2.30 bits per heavy atom. The lowest BCUT2D eigenvalue weighted by atomic mass is 10.3. The van der Waals surface area contributed by atoms with Gasteiger partial charge in [-0.1, -0.05) is 11.2 Å². The van der Waals surface area contributed by atoms with Crippen molar-refractivity contribution in [2.75, 3.05) is 6.54 Å². The molecule has 0 radical (unpaired) electrons. The van der Waals surface area contributed by atoms with Crippen molar-refractivity contribution >= 4 is 5.97 Å². The smallest absolute Gasteiger partial charge is 0.317 e. The van der Waals surface area contributed by atoms with Crippen molar-refractivity contribution in [1.82, 2.24) is 20.0 Å². The van der Waals surface area contributed by atoms with Crippen LogP contribution in [0.15, 0.2) is 28.9 Å². The van der Waals surface area contributed by atoms with Crippen molar-refractivity contribution in [3.8, 4) is 11.5 Å².